The normalized spacial score (nSPS) is 11.8. The predicted molar refractivity (Wildman–Crippen MR) is 47.8 cm³/mol. The summed E-state index contributed by atoms with van der Waals surface area (Å²) < 4.78 is 84.6. The topological polar surface area (TPSA) is 0 Å². The molecule has 0 nitrogen and oxygen atoms in total. The molecule has 0 radical (unpaired) electrons. The summed E-state index contributed by atoms with van der Waals surface area (Å²) >= 11 is 0. The monoisotopic (exact) mass is 262 g/mol. The lowest BCUT2D eigenvalue weighted by molar-refractivity contribution is -0.144. The third-order valence-corrected chi connectivity index (χ3v) is 1.60. The molecule has 0 saturated heterocycles. The Morgan fingerprint density at radius 3 is 1.65 bits per heavy atom. The minimum atomic E-state index is -5.13. The van der Waals surface area contributed by atoms with Crippen LogP contribution in [0.15, 0.2) is 18.2 Å². The van der Waals surface area contributed by atoms with Crippen molar-refractivity contribution >= 4 is 0 Å². The number of halogens is 7. The van der Waals surface area contributed by atoms with E-state index in [-0.39, 0.29) is 18.2 Å². The fraction of sp³-hybridized carbons (Fsp3) is 0.400. The van der Waals surface area contributed by atoms with Crippen molar-refractivity contribution < 1.29 is 30.7 Å². The van der Waals surface area contributed by atoms with E-state index in [1.54, 1.807) is 0 Å². The molecule has 1 aromatic rings. The molecule has 0 N–H and O–H groups in total. The van der Waals surface area contributed by atoms with Crippen LogP contribution in [0.4, 0.5) is 30.7 Å². The predicted octanol–water partition coefficient (Wildman–Crippen LogP) is 4.89. The summed E-state index contributed by atoms with van der Waals surface area (Å²) in [7, 11) is 0. The van der Waals surface area contributed by atoms with Gasteiger partial charge in [-0.1, -0.05) is 13.8 Å². The molecule has 0 atom stereocenters. The largest absolute Gasteiger partial charge is 0.419 e. The van der Waals surface area contributed by atoms with Crippen LogP contribution in [0, 0.1) is 5.82 Å². The molecular formula is C10H9F7. The summed E-state index contributed by atoms with van der Waals surface area (Å²) in [6.07, 6.45) is -10.1. The molecule has 17 heavy (non-hydrogen) atoms. The van der Waals surface area contributed by atoms with Crippen molar-refractivity contribution in [2.45, 2.75) is 26.2 Å². The SMILES string of the molecule is CC.Fc1ccc(C(F)(F)F)cc1C(F)(F)F. The van der Waals surface area contributed by atoms with Crippen LogP contribution in [-0.2, 0) is 12.4 Å². The van der Waals surface area contributed by atoms with Crippen molar-refractivity contribution in [1.29, 1.82) is 0 Å². The average molecular weight is 262 g/mol. The molecule has 0 aromatic heterocycles. The standard InChI is InChI=1S/C8H3F7.C2H6/c9-6-2-1-4(7(10,11)12)3-5(6)8(13,14)15;1-2/h1-3H;1-2H3. The van der Waals surface area contributed by atoms with Crippen LogP contribution >= 0.6 is 0 Å². The lowest BCUT2D eigenvalue weighted by Crippen LogP contribution is -2.12. The molecule has 0 aliphatic rings. The molecule has 0 spiro atoms. The molecule has 0 aliphatic heterocycles. The quantitative estimate of drug-likeness (QED) is 0.584. The molecule has 0 unspecified atom stereocenters. The van der Waals surface area contributed by atoms with Crippen molar-refractivity contribution in [2.75, 3.05) is 0 Å². The number of hydrogen-bond donors (Lipinski definition) is 0. The smallest absolute Gasteiger partial charge is 0.206 e. The number of alkyl halides is 6. The fourth-order valence-electron chi connectivity index (χ4n) is 0.919. The van der Waals surface area contributed by atoms with Gasteiger partial charge in [-0.25, -0.2) is 4.39 Å². The maximum absolute atomic E-state index is 12.6. The molecular weight excluding hydrogens is 253 g/mol. The second kappa shape index (κ2) is 5.37. The van der Waals surface area contributed by atoms with E-state index in [9.17, 15) is 30.7 Å². The van der Waals surface area contributed by atoms with Crippen molar-refractivity contribution in [2.24, 2.45) is 0 Å². The van der Waals surface area contributed by atoms with Gasteiger partial charge in [-0.05, 0) is 18.2 Å². The van der Waals surface area contributed by atoms with Crippen LogP contribution < -0.4 is 0 Å². The minimum Gasteiger partial charge on any atom is -0.206 e. The van der Waals surface area contributed by atoms with Gasteiger partial charge in [-0.15, -0.1) is 0 Å². The van der Waals surface area contributed by atoms with Crippen molar-refractivity contribution in [3.05, 3.63) is 35.1 Å². The van der Waals surface area contributed by atoms with E-state index in [1.807, 2.05) is 13.8 Å². The average Bonchev–Trinajstić information content (AvgIpc) is 2.17. The molecule has 1 aromatic carbocycles. The first-order chi connectivity index (χ1) is 7.62. The van der Waals surface area contributed by atoms with Crippen molar-refractivity contribution in [3.8, 4) is 0 Å². The first-order valence-corrected chi connectivity index (χ1v) is 4.56. The Balaban J connectivity index is 0.00000121. The Kier molecular flexibility index (Phi) is 4.97. The maximum atomic E-state index is 12.6. The van der Waals surface area contributed by atoms with E-state index in [1.165, 1.54) is 0 Å². The molecule has 0 bridgehead atoms. The highest BCUT2D eigenvalue weighted by molar-refractivity contribution is 5.29. The van der Waals surface area contributed by atoms with Gasteiger partial charge in [0.1, 0.15) is 5.82 Å². The van der Waals surface area contributed by atoms with E-state index in [0.717, 1.165) is 0 Å². The Bertz CT molecular complexity index is 362. The summed E-state index contributed by atoms with van der Waals surface area (Å²) in [4.78, 5) is 0. The lowest BCUT2D eigenvalue weighted by atomic mass is 10.1. The fourth-order valence-corrected chi connectivity index (χ4v) is 0.919. The summed E-state index contributed by atoms with van der Waals surface area (Å²) in [5.41, 5.74) is -3.45. The molecule has 0 fully saturated rings. The van der Waals surface area contributed by atoms with Gasteiger partial charge in [-0.2, -0.15) is 26.3 Å². The van der Waals surface area contributed by atoms with Gasteiger partial charge < -0.3 is 0 Å². The first kappa shape index (κ1) is 15.7. The Morgan fingerprint density at radius 1 is 0.824 bits per heavy atom. The van der Waals surface area contributed by atoms with Gasteiger partial charge in [0.15, 0.2) is 0 Å². The molecule has 98 valence electrons. The van der Waals surface area contributed by atoms with Gasteiger partial charge in [0, 0.05) is 0 Å². The van der Waals surface area contributed by atoms with Crippen LogP contribution in [0.2, 0.25) is 0 Å². The molecule has 0 heterocycles. The number of rotatable bonds is 0. The van der Waals surface area contributed by atoms with Crippen molar-refractivity contribution in [1.82, 2.24) is 0 Å². The Morgan fingerprint density at radius 2 is 1.29 bits per heavy atom. The van der Waals surface area contributed by atoms with Crippen LogP contribution in [0.25, 0.3) is 0 Å². The second-order valence-corrected chi connectivity index (χ2v) is 2.69. The Hall–Kier alpha value is -1.27. The summed E-state index contributed by atoms with van der Waals surface area (Å²) in [5, 5.41) is 0. The van der Waals surface area contributed by atoms with E-state index in [2.05, 4.69) is 0 Å². The van der Waals surface area contributed by atoms with E-state index in [0.29, 0.717) is 0 Å². The number of benzene rings is 1. The molecule has 7 heteroatoms. The maximum Gasteiger partial charge on any atom is 0.419 e. The zero-order chi connectivity index (χ0) is 13.9. The zero-order valence-corrected chi connectivity index (χ0v) is 8.88. The third kappa shape index (κ3) is 4.24. The zero-order valence-electron chi connectivity index (χ0n) is 8.88. The van der Waals surface area contributed by atoms with Crippen molar-refractivity contribution in [3.63, 3.8) is 0 Å². The highest BCUT2D eigenvalue weighted by atomic mass is 19.4. The van der Waals surface area contributed by atoms with Crippen LogP contribution in [0.3, 0.4) is 0 Å². The molecule has 1 rings (SSSR count). The summed E-state index contributed by atoms with van der Waals surface area (Å²) in [6, 6.07) is 0.144. The highest BCUT2D eigenvalue weighted by Gasteiger charge is 2.38. The van der Waals surface area contributed by atoms with Gasteiger partial charge in [-0.3, -0.25) is 0 Å². The van der Waals surface area contributed by atoms with E-state index in [4.69, 9.17) is 0 Å². The number of hydrogen-bond acceptors (Lipinski definition) is 0. The molecule has 0 aliphatic carbocycles. The highest BCUT2D eigenvalue weighted by Crippen LogP contribution is 2.36. The van der Waals surface area contributed by atoms with Crippen LogP contribution in [-0.4, -0.2) is 0 Å². The summed E-state index contributed by atoms with van der Waals surface area (Å²) in [5.74, 6) is -1.73. The van der Waals surface area contributed by atoms with E-state index < -0.39 is 29.3 Å². The minimum absolute atomic E-state index is 0.144. The van der Waals surface area contributed by atoms with Gasteiger partial charge in [0.05, 0.1) is 11.1 Å². The van der Waals surface area contributed by atoms with Gasteiger partial charge in [0.2, 0.25) is 0 Å². The van der Waals surface area contributed by atoms with E-state index >= 15 is 0 Å². The molecule has 0 amide bonds. The Labute approximate surface area is 93.1 Å². The second-order valence-electron chi connectivity index (χ2n) is 2.69. The summed E-state index contributed by atoms with van der Waals surface area (Å²) in [6.45, 7) is 4.00. The third-order valence-electron chi connectivity index (χ3n) is 1.60. The van der Waals surface area contributed by atoms with Crippen LogP contribution in [0.1, 0.15) is 25.0 Å². The first-order valence-electron chi connectivity index (χ1n) is 4.56. The van der Waals surface area contributed by atoms with Crippen LogP contribution in [0.5, 0.6) is 0 Å². The van der Waals surface area contributed by atoms with Gasteiger partial charge >= 0.3 is 12.4 Å². The molecule has 0 saturated carbocycles. The van der Waals surface area contributed by atoms with Gasteiger partial charge in [0.25, 0.3) is 0 Å². The lowest BCUT2D eigenvalue weighted by Gasteiger charge is -2.11.